The first-order chi connectivity index (χ1) is 17.1. The van der Waals surface area contributed by atoms with E-state index in [1.54, 1.807) is 7.11 Å². The first kappa shape index (κ1) is 30.4. The number of carbonyl (C=O) groups is 2. The van der Waals surface area contributed by atoms with Crippen molar-refractivity contribution in [2.45, 2.75) is 89.8 Å². The fourth-order valence-electron chi connectivity index (χ4n) is 3.47. The predicted octanol–water partition coefficient (Wildman–Crippen LogP) is 6.72. The van der Waals surface area contributed by atoms with E-state index in [0.29, 0.717) is 19.4 Å². The lowest BCUT2D eigenvalue weighted by Gasteiger charge is -2.18. The highest BCUT2D eigenvalue weighted by Gasteiger charge is 2.17. The Morgan fingerprint density at radius 3 is 1.94 bits per heavy atom. The molecule has 0 aliphatic heterocycles. The zero-order chi connectivity index (χ0) is 25.6. The number of rotatable bonds is 22. The van der Waals surface area contributed by atoms with Gasteiger partial charge in [-0.1, -0.05) is 50.0 Å². The van der Waals surface area contributed by atoms with E-state index < -0.39 is 6.10 Å². The maximum Gasteiger partial charge on any atom is 0.306 e. The van der Waals surface area contributed by atoms with Gasteiger partial charge in [-0.25, -0.2) is 0 Å². The standard InChI is InChI=1S/C29H44O6/c1-4-6-8-10-12-14-16-28(30)34-24-27(35-29(31)17-15-13-11-9-7-5-2)23-33-22-25-18-20-26(32-3)21-19-25/h4-5,18-21,27H,1-2,6-17,22-24H2,3H3/t27-/m0/s1. The molecule has 0 saturated carbocycles. The van der Waals surface area contributed by atoms with E-state index >= 15 is 0 Å². The Kier molecular flexibility index (Phi) is 18.0. The van der Waals surface area contributed by atoms with E-state index in [1.807, 2.05) is 36.4 Å². The number of hydrogen-bond acceptors (Lipinski definition) is 6. The summed E-state index contributed by atoms with van der Waals surface area (Å²) in [5.41, 5.74) is 0.976. The van der Waals surface area contributed by atoms with Crippen molar-refractivity contribution < 1.29 is 28.5 Å². The SMILES string of the molecule is C=CCCCCCCC(=O)OC[C@H](COCc1ccc(OC)cc1)OC(=O)CCCCCCC=C. The number of ether oxygens (including phenoxy) is 4. The summed E-state index contributed by atoms with van der Waals surface area (Å²) in [6.45, 7) is 7.96. The molecule has 0 heterocycles. The third kappa shape index (κ3) is 16.6. The number of unbranched alkanes of at least 4 members (excludes halogenated alkanes) is 8. The average Bonchev–Trinajstić information content (AvgIpc) is 2.87. The Balaban J connectivity index is 2.42. The molecular weight excluding hydrogens is 444 g/mol. The van der Waals surface area contributed by atoms with E-state index in [9.17, 15) is 9.59 Å². The van der Waals surface area contributed by atoms with Gasteiger partial charge in [0, 0.05) is 12.8 Å². The third-order valence-corrected chi connectivity index (χ3v) is 5.54. The topological polar surface area (TPSA) is 71.1 Å². The van der Waals surface area contributed by atoms with E-state index in [2.05, 4.69) is 13.2 Å². The molecule has 0 amide bonds. The molecule has 0 unspecified atom stereocenters. The molecular formula is C29H44O6. The largest absolute Gasteiger partial charge is 0.497 e. The van der Waals surface area contributed by atoms with Crippen LogP contribution in [0.5, 0.6) is 5.75 Å². The van der Waals surface area contributed by atoms with Crippen molar-refractivity contribution in [3.63, 3.8) is 0 Å². The van der Waals surface area contributed by atoms with Crippen LogP contribution in [0.3, 0.4) is 0 Å². The van der Waals surface area contributed by atoms with Gasteiger partial charge in [-0.3, -0.25) is 9.59 Å². The van der Waals surface area contributed by atoms with Gasteiger partial charge in [0.15, 0.2) is 6.10 Å². The molecule has 6 heteroatoms. The van der Waals surface area contributed by atoms with Crippen molar-refractivity contribution in [1.29, 1.82) is 0 Å². The molecule has 196 valence electrons. The first-order valence-corrected chi connectivity index (χ1v) is 12.9. The van der Waals surface area contributed by atoms with Crippen LogP contribution in [0.4, 0.5) is 0 Å². The van der Waals surface area contributed by atoms with Crippen molar-refractivity contribution in [2.75, 3.05) is 20.3 Å². The Morgan fingerprint density at radius 2 is 1.37 bits per heavy atom. The summed E-state index contributed by atoms with van der Waals surface area (Å²) in [5.74, 6) is 0.217. The van der Waals surface area contributed by atoms with Gasteiger partial charge >= 0.3 is 11.9 Å². The van der Waals surface area contributed by atoms with Crippen molar-refractivity contribution in [2.24, 2.45) is 0 Å². The first-order valence-electron chi connectivity index (χ1n) is 12.9. The zero-order valence-corrected chi connectivity index (χ0v) is 21.5. The molecule has 0 spiro atoms. The lowest BCUT2D eigenvalue weighted by atomic mass is 10.1. The highest BCUT2D eigenvalue weighted by Crippen LogP contribution is 2.13. The van der Waals surface area contributed by atoms with Gasteiger partial charge in [-0.2, -0.15) is 0 Å². The summed E-state index contributed by atoms with van der Waals surface area (Å²) >= 11 is 0. The molecule has 0 fully saturated rings. The monoisotopic (exact) mass is 488 g/mol. The van der Waals surface area contributed by atoms with Crippen LogP contribution < -0.4 is 4.74 Å². The number of benzene rings is 1. The minimum absolute atomic E-state index is 0.00296. The van der Waals surface area contributed by atoms with Crippen molar-refractivity contribution in [3.05, 3.63) is 55.1 Å². The van der Waals surface area contributed by atoms with Crippen LogP contribution in [-0.4, -0.2) is 38.4 Å². The van der Waals surface area contributed by atoms with E-state index in [4.69, 9.17) is 18.9 Å². The van der Waals surface area contributed by atoms with Crippen molar-refractivity contribution in [3.8, 4) is 5.75 Å². The zero-order valence-electron chi connectivity index (χ0n) is 21.5. The van der Waals surface area contributed by atoms with Gasteiger partial charge in [-0.05, 0) is 56.2 Å². The van der Waals surface area contributed by atoms with Crippen molar-refractivity contribution in [1.82, 2.24) is 0 Å². The van der Waals surface area contributed by atoms with Crippen LogP contribution in [0.2, 0.25) is 0 Å². The normalized spacial score (nSPS) is 11.5. The van der Waals surface area contributed by atoms with Gasteiger partial charge < -0.3 is 18.9 Å². The fraction of sp³-hybridized carbons (Fsp3) is 0.586. The van der Waals surface area contributed by atoms with Crippen LogP contribution in [-0.2, 0) is 30.4 Å². The summed E-state index contributed by atoms with van der Waals surface area (Å²) in [6, 6.07) is 7.57. The van der Waals surface area contributed by atoms with Crippen molar-refractivity contribution >= 4 is 11.9 Å². The lowest BCUT2D eigenvalue weighted by molar-refractivity contribution is -0.163. The molecule has 0 radical (unpaired) electrons. The average molecular weight is 489 g/mol. The number of carbonyl (C=O) groups excluding carboxylic acids is 2. The second-order valence-corrected chi connectivity index (χ2v) is 8.64. The maximum atomic E-state index is 12.3. The fourth-order valence-corrected chi connectivity index (χ4v) is 3.47. The molecule has 1 aromatic carbocycles. The van der Waals surface area contributed by atoms with Gasteiger partial charge in [0.2, 0.25) is 0 Å². The molecule has 1 aromatic rings. The second kappa shape index (κ2) is 20.7. The summed E-state index contributed by atoms with van der Waals surface area (Å²) in [6.07, 6.45) is 13.8. The van der Waals surface area contributed by atoms with Crippen LogP contribution in [0, 0.1) is 0 Å². The van der Waals surface area contributed by atoms with Crippen LogP contribution >= 0.6 is 0 Å². The summed E-state index contributed by atoms with van der Waals surface area (Å²) in [4.78, 5) is 24.5. The lowest BCUT2D eigenvalue weighted by Crippen LogP contribution is -2.29. The van der Waals surface area contributed by atoms with E-state index in [0.717, 1.165) is 75.5 Å². The highest BCUT2D eigenvalue weighted by molar-refractivity contribution is 5.70. The molecule has 0 aliphatic rings. The van der Waals surface area contributed by atoms with E-state index in [1.165, 1.54) is 0 Å². The van der Waals surface area contributed by atoms with Crippen LogP contribution in [0.25, 0.3) is 0 Å². The highest BCUT2D eigenvalue weighted by atomic mass is 16.6. The van der Waals surface area contributed by atoms with Gasteiger partial charge in [-0.15, -0.1) is 13.2 Å². The van der Waals surface area contributed by atoms with Crippen LogP contribution in [0.15, 0.2) is 49.6 Å². The molecule has 1 atom stereocenters. The number of methoxy groups -OCH3 is 1. The summed E-state index contributed by atoms with van der Waals surface area (Å²) < 4.78 is 21.9. The molecule has 0 aromatic heterocycles. The smallest absolute Gasteiger partial charge is 0.306 e. The molecule has 1 rings (SSSR count). The molecule has 0 aliphatic carbocycles. The minimum Gasteiger partial charge on any atom is -0.497 e. The molecule has 0 bridgehead atoms. The Bertz CT molecular complexity index is 712. The molecule has 35 heavy (non-hydrogen) atoms. The second-order valence-electron chi connectivity index (χ2n) is 8.64. The van der Waals surface area contributed by atoms with Gasteiger partial charge in [0.1, 0.15) is 12.4 Å². The molecule has 0 N–H and O–H groups in total. The Morgan fingerprint density at radius 1 is 0.800 bits per heavy atom. The molecule has 6 nitrogen and oxygen atoms in total. The Labute approximate surface area is 211 Å². The number of allylic oxidation sites excluding steroid dienone is 2. The number of hydrogen-bond donors (Lipinski definition) is 0. The van der Waals surface area contributed by atoms with E-state index in [-0.39, 0.29) is 25.2 Å². The maximum absolute atomic E-state index is 12.3. The number of esters is 2. The minimum atomic E-state index is -0.627. The Hall–Kier alpha value is -2.60. The van der Waals surface area contributed by atoms with Gasteiger partial charge in [0.05, 0.1) is 20.3 Å². The summed E-state index contributed by atoms with van der Waals surface area (Å²) in [7, 11) is 1.62. The van der Waals surface area contributed by atoms with Crippen LogP contribution in [0.1, 0.15) is 82.6 Å². The third-order valence-electron chi connectivity index (χ3n) is 5.54. The predicted molar refractivity (Wildman–Crippen MR) is 139 cm³/mol. The quantitative estimate of drug-likeness (QED) is 0.102. The molecule has 0 saturated heterocycles. The van der Waals surface area contributed by atoms with Gasteiger partial charge in [0.25, 0.3) is 0 Å². The summed E-state index contributed by atoms with van der Waals surface area (Å²) in [5, 5.41) is 0.